The minimum absolute atomic E-state index is 0.187. The van der Waals surface area contributed by atoms with Crippen molar-refractivity contribution in [2.75, 3.05) is 7.11 Å². The van der Waals surface area contributed by atoms with Crippen molar-refractivity contribution in [1.82, 2.24) is 0 Å². The molecule has 2 aromatic rings. The second-order valence-electron chi connectivity index (χ2n) is 5.20. The van der Waals surface area contributed by atoms with E-state index < -0.39 is 16.0 Å². The fourth-order valence-electron chi connectivity index (χ4n) is 2.72. The van der Waals surface area contributed by atoms with Crippen LogP contribution in [0.2, 0.25) is 0 Å². The number of hydrogen-bond acceptors (Lipinski definition) is 1. The zero-order valence-corrected chi connectivity index (χ0v) is 14.5. The van der Waals surface area contributed by atoms with E-state index >= 15 is 0 Å². The molecule has 0 aliphatic heterocycles. The monoisotopic (exact) mass is 406 g/mol. The van der Waals surface area contributed by atoms with Crippen LogP contribution in [0.3, 0.4) is 0 Å². The van der Waals surface area contributed by atoms with Gasteiger partial charge in [-0.2, -0.15) is 0 Å². The summed E-state index contributed by atoms with van der Waals surface area (Å²) in [5.74, 6) is -1.20. The van der Waals surface area contributed by atoms with Gasteiger partial charge in [-0.3, -0.25) is 0 Å². The lowest BCUT2D eigenvalue weighted by molar-refractivity contribution is 0.414. The fourth-order valence-corrected chi connectivity index (χ4v) is 3.83. The Hall–Kier alpha value is -0.840. The van der Waals surface area contributed by atoms with Crippen molar-refractivity contribution < 1.29 is 13.5 Å². The Balaban J connectivity index is 1.95. The number of alkyl halides is 2. The summed E-state index contributed by atoms with van der Waals surface area (Å²) in [5, 5.41) is 0. The fraction of sp³-hybridized carbons (Fsp3) is 0.250. The maximum atomic E-state index is 13.7. The molecule has 0 N–H and O–H groups in total. The summed E-state index contributed by atoms with van der Waals surface area (Å²) in [7, 11) is 1.58. The van der Waals surface area contributed by atoms with E-state index in [0.717, 1.165) is 11.3 Å². The molecule has 1 aliphatic carbocycles. The van der Waals surface area contributed by atoms with Gasteiger partial charge in [-0.05, 0) is 51.3 Å². The van der Waals surface area contributed by atoms with Gasteiger partial charge in [0.25, 0.3) is 0 Å². The van der Waals surface area contributed by atoms with Gasteiger partial charge >= 0.3 is 0 Å². The van der Waals surface area contributed by atoms with Crippen LogP contribution in [0, 0.1) is 11.6 Å². The molecule has 0 amide bonds. The van der Waals surface area contributed by atoms with Gasteiger partial charge in [0, 0.05) is 11.8 Å². The Labute approximate surface area is 145 Å². The molecule has 3 rings (SSSR count). The van der Waals surface area contributed by atoms with Crippen molar-refractivity contribution in [2.24, 2.45) is 0 Å². The highest BCUT2D eigenvalue weighted by molar-refractivity contribution is 9.10. The summed E-state index contributed by atoms with van der Waals surface area (Å²) in [6.07, 6.45) is 0. The number of halogens is 5. The summed E-state index contributed by atoms with van der Waals surface area (Å²) in [6, 6.07) is 9.85. The van der Waals surface area contributed by atoms with Gasteiger partial charge in [-0.25, -0.2) is 8.78 Å². The Morgan fingerprint density at radius 3 is 2.00 bits per heavy atom. The predicted octanol–water partition coefficient (Wildman–Crippen LogP) is 5.79. The molecule has 0 bridgehead atoms. The van der Waals surface area contributed by atoms with E-state index in [9.17, 15) is 8.78 Å². The molecule has 116 valence electrons. The van der Waals surface area contributed by atoms with Crippen molar-refractivity contribution >= 4 is 39.1 Å². The van der Waals surface area contributed by atoms with Gasteiger partial charge in [0.05, 0.1) is 11.6 Å². The molecule has 1 saturated carbocycles. The maximum absolute atomic E-state index is 13.7. The predicted molar refractivity (Wildman–Crippen MR) is 87.0 cm³/mol. The Bertz CT molecular complexity index is 696. The van der Waals surface area contributed by atoms with E-state index in [1.165, 1.54) is 12.1 Å². The van der Waals surface area contributed by atoms with Crippen molar-refractivity contribution in [1.29, 1.82) is 0 Å². The molecule has 1 nitrogen and oxygen atoms in total. The summed E-state index contributed by atoms with van der Waals surface area (Å²) >= 11 is 15.5. The van der Waals surface area contributed by atoms with Crippen LogP contribution < -0.4 is 4.74 Å². The van der Waals surface area contributed by atoms with Crippen LogP contribution in [-0.4, -0.2) is 11.4 Å². The minimum Gasteiger partial charge on any atom is -0.497 e. The van der Waals surface area contributed by atoms with Crippen molar-refractivity contribution in [3.05, 3.63) is 63.6 Å². The van der Waals surface area contributed by atoms with E-state index in [-0.39, 0.29) is 16.3 Å². The SMILES string of the molecule is COc1ccc(C2C(c3cc(F)c(Br)c(F)c3)C2(Cl)Cl)cc1. The molecule has 6 heteroatoms. The van der Waals surface area contributed by atoms with Crippen molar-refractivity contribution in [3.63, 3.8) is 0 Å². The van der Waals surface area contributed by atoms with Crippen LogP contribution in [0.15, 0.2) is 40.9 Å². The van der Waals surface area contributed by atoms with Gasteiger partial charge < -0.3 is 4.74 Å². The van der Waals surface area contributed by atoms with Crippen LogP contribution in [0.1, 0.15) is 23.0 Å². The first-order valence-corrected chi connectivity index (χ1v) is 8.07. The molecule has 0 saturated heterocycles. The molecular formula is C16H11BrCl2F2O. The third kappa shape index (κ3) is 2.61. The van der Waals surface area contributed by atoms with E-state index in [1.807, 2.05) is 12.1 Å². The lowest BCUT2D eigenvalue weighted by Crippen LogP contribution is -1.94. The zero-order valence-electron chi connectivity index (χ0n) is 11.4. The van der Waals surface area contributed by atoms with Gasteiger partial charge in [0.15, 0.2) is 0 Å². The van der Waals surface area contributed by atoms with Crippen LogP contribution >= 0.6 is 39.1 Å². The topological polar surface area (TPSA) is 9.23 Å². The molecule has 0 heterocycles. The molecular weight excluding hydrogens is 397 g/mol. The summed E-state index contributed by atoms with van der Waals surface area (Å²) in [4.78, 5) is 0. The lowest BCUT2D eigenvalue weighted by atomic mass is 10.0. The second-order valence-corrected chi connectivity index (χ2v) is 7.44. The highest BCUT2D eigenvalue weighted by Gasteiger charge is 2.64. The average Bonchev–Trinajstić information content (AvgIpc) is 3.07. The Morgan fingerprint density at radius 2 is 1.50 bits per heavy atom. The number of methoxy groups -OCH3 is 1. The molecule has 2 unspecified atom stereocenters. The third-order valence-electron chi connectivity index (χ3n) is 3.89. The van der Waals surface area contributed by atoms with E-state index in [0.29, 0.717) is 5.56 Å². The van der Waals surface area contributed by atoms with Crippen LogP contribution in [0.4, 0.5) is 8.78 Å². The minimum atomic E-state index is -1.08. The summed E-state index contributed by atoms with van der Waals surface area (Å²) in [6.45, 7) is 0. The highest BCUT2D eigenvalue weighted by Crippen LogP contribution is 2.70. The Kier molecular flexibility index (Phi) is 4.12. The molecule has 2 aromatic carbocycles. The Morgan fingerprint density at radius 1 is 1.00 bits per heavy atom. The number of rotatable bonds is 3. The summed E-state index contributed by atoms with van der Waals surface area (Å²) in [5.41, 5.74) is 1.35. The van der Waals surface area contributed by atoms with E-state index in [4.69, 9.17) is 27.9 Å². The zero-order chi connectivity index (χ0) is 16.1. The third-order valence-corrected chi connectivity index (χ3v) is 5.59. The molecule has 0 aromatic heterocycles. The molecule has 0 spiro atoms. The second kappa shape index (κ2) is 5.66. The first-order chi connectivity index (χ1) is 10.4. The van der Waals surface area contributed by atoms with Gasteiger partial charge in [0.1, 0.15) is 21.7 Å². The first-order valence-electron chi connectivity index (χ1n) is 6.52. The first kappa shape index (κ1) is 16.0. The van der Waals surface area contributed by atoms with Crippen LogP contribution in [0.5, 0.6) is 5.75 Å². The average molecular weight is 408 g/mol. The molecule has 1 fully saturated rings. The number of benzene rings is 2. The van der Waals surface area contributed by atoms with Crippen molar-refractivity contribution in [2.45, 2.75) is 16.2 Å². The number of ether oxygens (including phenoxy) is 1. The molecule has 2 atom stereocenters. The smallest absolute Gasteiger partial charge is 0.140 e. The molecule has 22 heavy (non-hydrogen) atoms. The van der Waals surface area contributed by atoms with Crippen LogP contribution in [0.25, 0.3) is 0 Å². The standard InChI is InChI=1S/C16H11BrCl2F2O/c1-22-10-4-2-8(3-5-10)13-14(16(13,18)19)9-6-11(20)15(17)12(21)7-9/h2-7,13-14H,1H3. The van der Waals surface area contributed by atoms with Gasteiger partial charge in [-0.1, -0.05) is 12.1 Å². The highest BCUT2D eigenvalue weighted by atomic mass is 79.9. The normalized spacial score (nSPS) is 22.5. The molecule has 1 aliphatic rings. The quantitative estimate of drug-likeness (QED) is 0.462. The largest absolute Gasteiger partial charge is 0.497 e. The van der Waals surface area contributed by atoms with Gasteiger partial charge in [-0.15, -0.1) is 23.2 Å². The maximum Gasteiger partial charge on any atom is 0.140 e. The van der Waals surface area contributed by atoms with E-state index in [2.05, 4.69) is 15.9 Å². The molecule has 0 radical (unpaired) electrons. The van der Waals surface area contributed by atoms with Crippen LogP contribution in [-0.2, 0) is 0 Å². The van der Waals surface area contributed by atoms with Gasteiger partial charge in [0.2, 0.25) is 0 Å². The summed E-state index contributed by atoms with van der Waals surface area (Å²) < 4.78 is 31.3. The lowest BCUT2D eigenvalue weighted by Gasteiger charge is -2.04. The number of hydrogen-bond donors (Lipinski definition) is 0. The van der Waals surface area contributed by atoms with E-state index in [1.54, 1.807) is 19.2 Å². The van der Waals surface area contributed by atoms with Crippen molar-refractivity contribution in [3.8, 4) is 5.75 Å².